The Balaban J connectivity index is 1.46. The summed E-state index contributed by atoms with van der Waals surface area (Å²) in [4.78, 5) is 30.3. The number of halogens is 2. The van der Waals surface area contributed by atoms with E-state index in [2.05, 4.69) is 25.8 Å². The van der Waals surface area contributed by atoms with E-state index in [1.807, 2.05) is 14.0 Å². The Hall–Kier alpha value is -1.21. The normalized spacial score (nSPS) is 35.0. The fourth-order valence-electron chi connectivity index (χ4n) is 5.02. The summed E-state index contributed by atoms with van der Waals surface area (Å²) in [6, 6.07) is -0.0700. The predicted molar refractivity (Wildman–Crippen MR) is 124 cm³/mol. The van der Waals surface area contributed by atoms with Gasteiger partial charge in [-0.2, -0.15) is 0 Å². The van der Waals surface area contributed by atoms with Gasteiger partial charge in [0.2, 0.25) is 15.9 Å². The van der Waals surface area contributed by atoms with Crippen molar-refractivity contribution in [2.24, 2.45) is 17.8 Å². The number of nitrogens with zero attached hydrogens (tertiary/aromatic N) is 2. The first kappa shape index (κ1) is 26.4. The van der Waals surface area contributed by atoms with Crippen LogP contribution >= 0.6 is 11.6 Å². The van der Waals surface area contributed by atoms with Gasteiger partial charge in [-0.25, -0.2) is 17.6 Å². The first-order valence-corrected chi connectivity index (χ1v) is 13.6. The molecular weight excluding hydrogens is 475 g/mol. The topological polar surface area (TPSA) is 123 Å². The molecular formula is C20H36ClFN6O4S. The fraction of sp³-hybridized carbons (Fsp3) is 0.900. The third kappa shape index (κ3) is 6.68. The second-order valence-corrected chi connectivity index (χ2v) is 11.9. The Morgan fingerprint density at radius 1 is 1.24 bits per heavy atom. The van der Waals surface area contributed by atoms with E-state index in [0.29, 0.717) is 32.2 Å². The molecule has 33 heavy (non-hydrogen) atoms. The highest BCUT2D eigenvalue weighted by Crippen LogP contribution is 2.37. The second-order valence-electron chi connectivity index (χ2n) is 9.62. The number of carbonyl (C=O) groups is 2. The highest BCUT2D eigenvalue weighted by molar-refractivity contribution is 7.89. The van der Waals surface area contributed by atoms with Gasteiger partial charge in [0.05, 0.1) is 17.0 Å². The van der Waals surface area contributed by atoms with Crippen LogP contribution in [0.3, 0.4) is 0 Å². The van der Waals surface area contributed by atoms with Crippen molar-refractivity contribution < 1.29 is 22.4 Å². The lowest BCUT2D eigenvalue weighted by Crippen LogP contribution is -2.54. The number of sulfonamides is 1. The maximum absolute atomic E-state index is 14.7. The average molecular weight is 511 g/mol. The summed E-state index contributed by atoms with van der Waals surface area (Å²) in [6.45, 7) is 3.88. The van der Waals surface area contributed by atoms with Gasteiger partial charge in [0.15, 0.2) is 0 Å². The number of nitrogens with one attached hydrogen (secondary N) is 4. The number of carbonyl (C=O) groups excluding carboxylic acids is 2. The Morgan fingerprint density at radius 2 is 1.94 bits per heavy atom. The average Bonchev–Trinajstić information content (AvgIpc) is 3.16. The lowest BCUT2D eigenvalue weighted by Gasteiger charge is -2.40. The van der Waals surface area contributed by atoms with E-state index in [9.17, 15) is 22.4 Å². The molecule has 5 atom stereocenters. The lowest BCUT2D eigenvalue weighted by atomic mass is 9.76. The standard InChI is InChI=1S/C20H36ClFN6O4S/c1-4-23-20(30)28(3)14-5-12(6-14)10-33(31,32)26-25-19(29)15-7-13(8-16(21)18(15)22)17-9-27(2)11-24-17/h12-18,24,26H,4-11H2,1-3H3,(H,23,30)(H,25,29). The quantitative estimate of drug-likeness (QED) is 0.273. The molecule has 0 bridgehead atoms. The number of amides is 3. The van der Waals surface area contributed by atoms with Crippen molar-refractivity contribution >= 4 is 33.6 Å². The molecule has 0 aromatic rings. The molecule has 0 aromatic carbocycles. The third-order valence-corrected chi connectivity index (χ3v) is 8.79. The molecule has 0 aromatic heterocycles. The van der Waals surface area contributed by atoms with Crippen LogP contribution in [0.1, 0.15) is 32.6 Å². The van der Waals surface area contributed by atoms with Crippen LogP contribution in [0.15, 0.2) is 0 Å². The van der Waals surface area contributed by atoms with Crippen LogP contribution < -0.4 is 20.9 Å². The summed E-state index contributed by atoms with van der Waals surface area (Å²) in [5.74, 6) is -1.97. The Bertz CT molecular complexity index is 814. The van der Waals surface area contributed by atoms with Gasteiger partial charge in [-0.05, 0) is 51.5 Å². The van der Waals surface area contributed by atoms with Crippen LogP contribution in [0, 0.1) is 17.8 Å². The van der Waals surface area contributed by atoms with Gasteiger partial charge in [-0.1, -0.05) is 0 Å². The summed E-state index contributed by atoms with van der Waals surface area (Å²) >= 11 is 6.21. The van der Waals surface area contributed by atoms with Crippen LogP contribution in [0.2, 0.25) is 0 Å². The van der Waals surface area contributed by atoms with Gasteiger partial charge in [0, 0.05) is 38.9 Å². The van der Waals surface area contributed by atoms with Crippen LogP contribution in [-0.4, -0.2) is 93.4 Å². The lowest BCUT2D eigenvalue weighted by molar-refractivity contribution is -0.129. The number of hydrogen-bond donors (Lipinski definition) is 4. The molecule has 3 amide bonds. The molecule has 1 aliphatic heterocycles. The molecule has 0 spiro atoms. The summed E-state index contributed by atoms with van der Waals surface area (Å²) in [5.41, 5.74) is 2.21. The Kier molecular flexibility index (Phi) is 8.82. The van der Waals surface area contributed by atoms with Crippen LogP contribution in [0.4, 0.5) is 9.18 Å². The van der Waals surface area contributed by atoms with E-state index in [-0.39, 0.29) is 35.7 Å². The number of rotatable bonds is 8. The van der Waals surface area contributed by atoms with E-state index < -0.39 is 33.4 Å². The van der Waals surface area contributed by atoms with E-state index in [4.69, 9.17) is 11.6 Å². The van der Waals surface area contributed by atoms with Crippen LogP contribution in [-0.2, 0) is 14.8 Å². The molecule has 2 aliphatic carbocycles. The molecule has 1 saturated heterocycles. The Labute approximate surface area is 200 Å². The number of alkyl halides is 2. The first-order chi connectivity index (χ1) is 15.5. The summed E-state index contributed by atoms with van der Waals surface area (Å²) in [5, 5.41) is 5.28. The minimum atomic E-state index is -3.80. The second kappa shape index (κ2) is 11.0. The Morgan fingerprint density at radius 3 is 2.55 bits per heavy atom. The van der Waals surface area contributed by atoms with Gasteiger partial charge in [0.25, 0.3) is 0 Å². The highest BCUT2D eigenvalue weighted by atomic mass is 35.5. The molecule has 10 nitrogen and oxygen atoms in total. The predicted octanol–water partition coefficient (Wildman–Crippen LogP) is 0.210. The van der Waals surface area contributed by atoms with Crippen molar-refractivity contribution in [3.8, 4) is 0 Å². The van der Waals surface area contributed by atoms with Crippen molar-refractivity contribution in [3.05, 3.63) is 0 Å². The molecule has 3 rings (SSSR count). The largest absolute Gasteiger partial charge is 0.338 e. The number of likely N-dealkylation sites (N-methyl/N-ethyl adjacent to an activating group) is 1. The van der Waals surface area contributed by atoms with Crippen molar-refractivity contribution in [1.82, 2.24) is 30.7 Å². The maximum atomic E-state index is 14.7. The van der Waals surface area contributed by atoms with Gasteiger partial charge >= 0.3 is 6.03 Å². The van der Waals surface area contributed by atoms with E-state index in [1.54, 1.807) is 11.9 Å². The molecule has 4 N–H and O–H groups in total. The zero-order valence-corrected chi connectivity index (χ0v) is 21.0. The molecule has 13 heteroatoms. The van der Waals surface area contributed by atoms with Gasteiger partial charge in [-0.15, -0.1) is 16.4 Å². The molecule has 3 fully saturated rings. The number of hydrazine groups is 1. The van der Waals surface area contributed by atoms with Crippen molar-refractivity contribution in [2.45, 2.75) is 56.2 Å². The minimum absolute atomic E-state index is 0.0123. The van der Waals surface area contributed by atoms with Crippen molar-refractivity contribution in [2.75, 3.05) is 39.6 Å². The smallest absolute Gasteiger partial charge is 0.317 e. The van der Waals surface area contributed by atoms with Crippen molar-refractivity contribution in [3.63, 3.8) is 0 Å². The molecule has 5 unspecified atom stereocenters. The SMILES string of the molecule is CCNC(=O)N(C)C1CC(CS(=O)(=O)NNC(=O)C2CC(C3CN(C)CN3)CC(Cl)C2F)C1. The highest BCUT2D eigenvalue weighted by Gasteiger charge is 2.44. The zero-order chi connectivity index (χ0) is 24.3. The van der Waals surface area contributed by atoms with E-state index in [1.165, 1.54) is 0 Å². The van der Waals surface area contributed by atoms with Crippen LogP contribution in [0.5, 0.6) is 0 Å². The summed E-state index contributed by atoms with van der Waals surface area (Å²) in [7, 11) is -0.131. The molecule has 1 heterocycles. The summed E-state index contributed by atoms with van der Waals surface area (Å²) < 4.78 is 39.6. The minimum Gasteiger partial charge on any atom is -0.338 e. The number of hydrogen-bond acceptors (Lipinski definition) is 6. The van der Waals surface area contributed by atoms with E-state index in [0.717, 1.165) is 13.2 Å². The van der Waals surface area contributed by atoms with Crippen molar-refractivity contribution in [1.29, 1.82) is 0 Å². The third-order valence-electron chi connectivity index (χ3n) is 7.04. The maximum Gasteiger partial charge on any atom is 0.317 e. The van der Waals surface area contributed by atoms with E-state index >= 15 is 0 Å². The monoisotopic (exact) mass is 510 g/mol. The molecule has 2 saturated carbocycles. The first-order valence-electron chi connectivity index (χ1n) is 11.5. The fourth-order valence-corrected chi connectivity index (χ4v) is 6.66. The molecule has 190 valence electrons. The summed E-state index contributed by atoms with van der Waals surface area (Å²) in [6.07, 6.45) is 0.368. The molecule has 3 aliphatic rings. The zero-order valence-electron chi connectivity index (χ0n) is 19.4. The number of urea groups is 1. The van der Waals surface area contributed by atoms with Gasteiger partial charge < -0.3 is 10.2 Å². The molecule has 0 radical (unpaired) electrons. The van der Waals surface area contributed by atoms with Gasteiger partial charge in [-0.3, -0.25) is 20.4 Å². The van der Waals surface area contributed by atoms with Gasteiger partial charge in [0.1, 0.15) is 6.17 Å². The van der Waals surface area contributed by atoms with Crippen LogP contribution in [0.25, 0.3) is 0 Å².